The molecule has 0 aromatic carbocycles. The fourth-order valence-electron chi connectivity index (χ4n) is 3.13. The molecule has 5 heteroatoms. The Morgan fingerprint density at radius 3 is 2.83 bits per heavy atom. The maximum absolute atomic E-state index is 12.1. The summed E-state index contributed by atoms with van der Waals surface area (Å²) in [6, 6.07) is 10.6. The molecule has 24 heavy (non-hydrogen) atoms. The van der Waals surface area contributed by atoms with E-state index in [0.717, 1.165) is 51.0 Å². The number of pyridine rings is 1. The number of aryl methyl sites for hydroxylation is 1. The Morgan fingerprint density at radius 2 is 2.12 bits per heavy atom. The number of piperidine rings is 1. The fourth-order valence-corrected chi connectivity index (χ4v) is 3.89. The summed E-state index contributed by atoms with van der Waals surface area (Å²) in [6.07, 6.45) is 6.48. The number of carbonyl (C=O) groups is 1. The highest BCUT2D eigenvalue weighted by Gasteiger charge is 2.20. The van der Waals surface area contributed by atoms with Crippen LogP contribution in [0, 0.1) is 0 Å². The highest BCUT2D eigenvalue weighted by Crippen LogP contribution is 2.14. The van der Waals surface area contributed by atoms with Crippen LogP contribution < -0.4 is 5.32 Å². The summed E-state index contributed by atoms with van der Waals surface area (Å²) in [5.74, 6) is 0.203. The number of thiophene rings is 1. The van der Waals surface area contributed by atoms with E-state index in [0.29, 0.717) is 12.5 Å². The van der Waals surface area contributed by atoms with Crippen LogP contribution in [-0.4, -0.2) is 34.9 Å². The molecule has 1 saturated heterocycles. The van der Waals surface area contributed by atoms with Crippen molar-refractivity contribution in [2.75, 3.05) is 13.1 Å². The summed E-state index contributed by atoms with van der Waals surface area (Å²) in [5.41, 5.74) is 1.12. The van der Waals surface area contributed by atoms with Crippen LogP contribution in [-0.2, 0) is 17.8 Å². The van der Waals surface area contributed by atoms with Gasteiger partial charge in [-0.15, -0.1) is 11.3 Å². The van der Waals surface area contributed by atoms with Crippen molar-refractivity contribution in [2.24, 2.45) is 0 Å². The van der Waals surface area contributed by atoms with Crippen molar-refractivity contribution in [3.8, 4) is 0 Å². The molecule has 0 radical (unpaired) electrons. The molecule has 2 aromatic rings. The van der Waals surface area contributed by atoms with E-state index in [1.165, 1.54) is 4.88 Å². The molecule has 1 amide bonds. The minimum absolute atomic E-state index is 0.203. The average molecular weight is 343 g/mol. The highest BCUT2D eigenvalue weighted by molar-refractivity contribution is 7.09. The number of nitrogens with zero attached hydrogens (tertiary/aromatic N) is 2. The summed E-state index contributed by atoms with van der Waals surface area (Å²) in [6.45, 7) is 2.95. The van der Waals surface area contributed by atoms with Crippen LogP contribution >= 0.6 is 11.3 Å². The van der Waals surface area contributed by atoms with E-state index >= 15 is 0 Å². The second-order valence-electron chi connectivity index (χ2n) is 6.37. The zero-order valence-corrected chi connectivity index (χ0v) is 14.8. The smallest absolute Gasteiger partial charge is 0.220 e. The molecule has 3 rings (SSSR count). The van der Waals surface area contributed by atoms with Crippen LogP contribution in [0.2, 0.25) is 0 Å². The molecule has 1 fully saturated rings. The van der Waals surface area contributed by atoms with Gasteiger partial charge in [-0.2, -0.15) is 0 Å². The molecule has 1 aliphatic rings. The van der Waals surface area contributed by atoms with Gasteiger partial charge in [0.05, 0.1) is 5.69 Å². The molecular weight excluding hydrogens is 318 g/mol. The van der Waals surface area contributed by atoms with Crippen molar-refractivity contribution in [1.29, 1.82) is 0 Å². The first kappa shape index (κ1) is 17.1. The monoisotopic (exact) mass is 343 g/mol. The third kappa shape index (κ3) is 5.42. The largest absolute Gasteiger partial charge is 0.353 e. The van der Waals surface area contributed by atoms with Crippen molar-refractivity contribution in [1.82, 2.24) is 15.2 Å². The van der Waals surface area contributed by atoms with Crippen molar-refractivity contribution >= 4 is 17.2 Å². The molecule has 1 aliphatic heterocycles. The molecule has 0 unspecified atom stereocenters. The van der Waals surface area contributed by atoms with Gasteiger partial charge < -0.3 is 5.32 Å². The number of hydrogen-bond donors (Lipinski definition) is 1. The predicted molar refractivity (Wildman–Crippen MR) is 97.9 cm³/mol. The van der Waals surface area contributed by atoms with Crippen molar-refractivity contribution < 1.29 is 4.79 Å². The Balaban J connectivity index is 1.32. The highest BCUT2D eigenvalue weighted by atomic mass is 32.1. The lowest BCUT2D eigenvalue weighted by molar-refractivity contribution is -0.122. The molecule has 0 aliphatic carbocycles. The normalized spacial score (nSPS) is 16.2. The summed E-state index contributed by atoms with van der Waals surface area (Å²) in [5, 5.41) is 5.30. The Morgan fingerprint density at radius 1 is 1.25 bits per heavy atom. The Bertz CT molecular complexity index is 607. The second-order valence-corrected chi connectivity index (χ2v) is 7.40. The SMILES string of the molecule is O=C(CCCc1cccs1)NC1CCN(Cc2ccccn2)CC1. The molecule has 0 atom stereocenters. The van der Waals surface area contributed by atoms with Gasteiger partial charge in [-0.1, -0.05) is 12.1 Å². The zero-order chi connectivity index (χ0) is 16.6. The summed E-state index contributed by atoms with van der Waals surface area (Å²) in [7, 11) is 0. The van der Waals surface area contributed by atoms with Crippen molar-refractivity contribution in [3.05, 3.63) is 52.5 Å². The van der Waals surface area contributed by atoms with Crippen molar-refractivity contribution in [3.63, 3.8) is 0 Å². The van der Waals surface area contributed by atoms with E-state index < -0.39 is 0 Å². The molecule has 1 N–H and O–H groups in total. The van der Waals surface area contributed by atoms with Gasteiger partial charge in [-0.05, 0) is 49.3 Å². The first-order chi connectivity index (χ1) is 11.8. The molecule has 128 valence electrons. The number of likely N-dealkylation sites (tertiary alicyclic amines) is 1. The fraction of sp³-hybridized carbons (Fsp3) is 0.474. The van der Waals surface area contributed by atoms with Gasteiger partial charge in [0.25, 0.3) is 0 Å². The third-order valence-electron chi connectivity index (χ3n) is 4.47. The lowest BCUT2D eigenvalue weighted by Crippen LogP contribution is -2.44. The van der Waals surface area contributed by atoms with Crippen LogP contribution in [0.4, 0.5) is 0 Å². The van der Waals surface area contributed by atoms with Gasteiger partial charge in [0, 0.05) is 43.2 Å². The summed E-state index contributed by atoms with van der Waals surface area (Å²) >= 11 is 1.77. The third-order valence-corrected chi connectivity index (χ3v) is 5.41. The Labute approximate surface area is 147 Å². The van der Waals surface area contributed by atoms with E-state index in [1.807, 2.05) is 18.3 Å². The lowest BCUT2D eigenvalue weighted by Gasteiger charge is -2.32. The number of amides is 1. The van der Waals surface area contributed by atoms with E-state index in [2.05, 4.69) is 38.8 Å². The Kier molecular flexibility index (Phi) is 6.38. The van der Waals surface area contributed by atoms with Crippen LogP contribution in [0.1, 0.15) is 36.3 Å². The maximum atomic E-state index is 12.1. The van der Waals surface area contributed by atoms with Gasteiger partial charge >= 0.3 is 0 Å². The quantitative estimate of drug-likeness (QED) is 0.839. The predicted octanol–water partition coefficient (Wildman–Crippen LogP) is 3.25. The van der Waals surface area contributed by atoms with E-state index in [4.69, 9.17) is 0 Å². The van der Waals surface area contributed by atoms with Crippen LogP contribution in [0.25, 0.3) is 0 Å². The number of rotatable bonds is 7. The molecule has 0 saturated carbocycles. The van der Waals surface area contributed by atoms with Crippen LogP contribution in [0.3, 0.4) is 0 Å². The summed E-state index contributed by atoms with van der Waals surface area (Å²) < 4.78 is 0. The van der Waals surface area contributed by atoms with Crippen LogP contribution in [0.5, 0.6) is 0 Å². The van der Waals surface area contributed by atoms with Gasteiger partial charge in [0.15, 0.2) is 0 Å². The average Bonchev–Trinajstić information content (AvgIpc) is 3.11. The van der Waals surface area contributed by atoms with E-state index in [1.54, 1.807) is 11.3 Å². The van der Waals surface area contributed by atoms with Crippen molar-refractivity contribution in [2.45, 2.75) is 44.7 Å². The number of aromatic nitrogens is 1. The molecule has 0 spiro atoms. The first-order valence-corrected chi connectivity index (χ1v) is 9.61. The van der Waals surface area contributed by atoms with Gasteiger partial charge in [-0.25, -0.2) is 0 Å². The van der Waals surface area contributed by atoms with Gasteiger partial charge in [0.2, 0.25) is 5.91 Å². The van der Waals surface area contributed by atoms with E-state index in [-0.39, 0.29) is 5.91 Å². The lowest BCUT2D eigenvalue weighted by atomic mass is 10.0. The number of nitrogens with one attached hydrogen (secondary N) is 1. The van der Waals surface area contributed by atoms with Crippen LogP contribution in [0.15, 0.2) is 41.9 Å². The van der Waals surface area contributed by atoms with E-state index in [9.17, 15) is 4.79 Å². The standard InChI is InChI=1S/C19H25N3OS/c23-19(8-3-6-18-7-4-14-24-18)21-16-9-12-22(13-10-16)15-17-5-1-2-11-20-17/h1-2,4-5,7,11,14,16H,3,6,8-10,12-13,15H2,(H,21,23). The minimum atomic E-state index is 0.203. The molecule has 4 nitrogen and oxygen atoms in total. The molecule has 0 bridgehead atoms. The minimum Gasteiger partial charge on any atom is -0.353 e. The number of carbonyl (C=O) groups excluding carboxylic acids is 1. The van der Waals surface area contributed by atoms with Gasteiger partial charge in [-0.3, -0.25) is 14.7 Å². The first-order valence-electron chi connectivity index (χ1n) is 8.73. The maximum Gasteiger partial charge on any atom is 0.220 e. The Hall–Kier alpha value is -1.72. The topological polar surface area (TPSA) is 45.2 Å². The van der Waals surface area contributed by atoms with Gasteiger partial charge in [0.1, 0.15) is 0 Å². The zero-order valence-electron chi connectivity index (χ0n) is 14.0. The second kappa shape index (κ2) is 8.94. The molecule has 3 heterocycles. The summed E-state index contributed by atoms with van der Waals surface area (Å²) in [4.78, 5) is 20.3. The molecular formula is C19H25N3OS. The number of hydrogen-bond acceptors (Lipinski definition) is 4. The molecule has 2 aromatic heterocycles.